The zero-order valence-corrected chi connectivity index (χ0v) is 23.2. The Morgan fingerprint density at radius 1 is 1.14 bits per heavy atom. The van der Waals surface area contributed by atoms with Crippen LogP contribution >= 0.6 is 11.6 Å². The number of carbonyl (C=O) groups is 2. The average Bonchev–Trinajstić information content (AvgIpc) is 2.81. The van der Waals surface area contributed by atoms with Crippen LogP contribution in [-0.4, -0.2) is 57.6 Å². The van der Waals surface area contributed by atoms with Gasteiger partial charge in [0.2, 0.25) is 21.8 Å². The molecule has 0 fully saturated rings. The van der Waals surface area contributed by atoms with E-state index in [1.165, 1.54) is 24.1 Å². The van der Waals surface area contributed by atoms with Crippen molar-refractivity contribution in [1.29, 1.82) is 0 Å². The highest BCUT2D eigenvalue weighted by atomic mass is 35.5. The highest BCUT2D eigenvalue weighted by Gasteiger charge is 2.31. The van der Waals surface area contributed by atoms with Gasteiger partial charge in [0.25, 0.3) is 0 Å². The summed E-state index contributed by atoms with van der Waals surface area (Å²) < 4.78 is 31.6. The molecule has 2 aromatic rings. The number of hydrogen-bond acceptors (Lipinski definition) is 5. The fraction of sp³-hybridized carbons (Fsp3) is 0.462. The molecule has 0 aromatic heterocycles. The summed E-state index contributed by atoms with van der Waals surface area (Å²) in [6.07, 6.45) is 3.16. The van der Waals surface area contributed by atoms with Crippen molar-refractivity contribution in [1.82, 2.24) is 10.2 Å². The molecule has 198 valence electrons. The standard InChI is InChI=1S/C26H36ClN3O5S/c1-6-8-14-28-26(32)23(7-2)29(17-20-11-9-10-19(3)15-20)25(31)18-30(36(5,33)34)21-12-13-24(35-4)22(27)16-21/h9-13,15-16,23H,6-8,14,17-18H2,1-5H3,(H,28,32)/t23-/m1/s1. The number of halogens is 1. The predicted molar refractivity (Wildman–Crippen MR) is 144 cm³/mol. The minimum absolute atomic E-state index is 0.168. The Kier molecular flexibility index (Phi) is 11.0. The first-order chi connectivity index (χ1) is 17.0. The van der Waals surface area contributed by atoms with Crippen molar-refractivity contribution in [2.45, 2.75) is 52.6 Å². The molecule has 10 heteroatoms. The first kappa shape index (κ1) is 29.5. The number of sulfonamides is 1. The zero-order valence-electron chi connectivity index (χ0n) is 21.6. The zero-order chi connectivity index (χ0) is 26.9. The number of ether oxygens (including phenoxy) is 1. The van der Waals surface area contributed by atoms with Crippen LogP contribution in [0.15, 0.2) is 42.5 Å². The van der Waals surface area contributed by atoms with Gasteiger partial charge in [-0.1, -0.05) is 61.7 Å². The third kappa shape index (κ3) is 8.13. The van der Waals surface area contributed by atoms with Crippen molar-refractivity contribution in [3.63, 3.8) is 0 Å². The van der Waals surface area contributed by atoms with Gasteiger partial charge in [-0.15, -0.1) is 0 Å². The van der Waals surface area contributed by atoms with Gasteiger partial charge in [-0.25, -0.2) is 8.42 Å². The van der Waals surface area contributed by atoms with Gasteiger partial charge in [0, 0.05) is 13.1 Å². The molecule has 0 radical (unpaired) electrons. The van der Waals surface area contributed by atoms with Gasteiger partial charge in [-0.3, -0.25) is 13.9 Å². The molecule has 0 aliphatic heterocycles. The van der Waals surface area contributed by atoms with Crippen LogP contribution in [0.2, 0.25) is 5.02 Å². The number of nitrogens with one attached hydrogen (secondary N) is 1. The lowest BCUT2D eigenvalue weighted by Gasteiger charge is -2.33. The first-order valence-electron chi connectivity index (χ1n) is 12.0. The fourth-order valence-corrected chi connectivity index (χ4v) is 4.95. The molecule has 0 aliphatic carbocycles. The van der Waals surface area contributed by atoms with Crippen molar-refractivity contribution in [2.24, 2.45) is 0 Å². The van der Waals surface area contributed by atoms with Crippen LogP contribution in [0, 0.1) is 6.92 Å². The van der Waals surface area contributed by atoms with Crippen LogP contribution in [0.3, 0.4) is 0 Å². The summed E-state index contributed by atoms with van der Waals surface area (Å²) in [7, 11) is -2.39. The van der Waals surface area contributed by atoms with Crippen LogP contribution in [0.5, 0.6) is 5.75 Å². The highest BCUT2D eigenvalue weighted by Crippen LogP contribution is 2.30. The molecule has 36 heavy (non-hydrogen) atoms. The smallest absolute Gasteiger partial charge is 0.244 e. The van der Waals surface area contributed by atoms with Crippen molar-refractivity contribution in [3.05, 3.63) is 58.6 Å². The van der Waals surface area contributed by atoms with Crippen LogP contribution in [-0.2, 0) is 26.2 Å². The second-order valence-electron chi connectivity index (χ2n) is 8.67. The molecule has 0 aliphatic rings. The Morgan fingerprint density at radius 3 is 2.42 bits per heavy atom. The van der Waals surface area contributed by atoms with E-state index in [1.54, 1.807) is 6.07 Å². The van der Waals surface area contributed by atoms with E-state index in [0.717, 1.165) is 34.5 Å². The van der Waals surface area contributed by atoms with E-state index in [0.29, 0.717) is 18.7 Å². The number of rotatable bonds is 13. The number of methoxy groups -OCH3 is 1. The van der Waals surface area contributed by atoms with Gasteiger partial charge in [0.15, 0.2) is 0 Å². The van der Waals surface area contributed by atoms with Gasteiger partial charge in [0.1, 0.15) is 18.3 Å². The van der Waals surface area contributed by atoms with E-state index in [9.17, 15) is 18.0 Å². The molecule has 2 rings (SSSR count). The van der Waals surface area contributed by atoms with Crippen molar-refractivity contribution in [2.75, 3.05) is 30.8 Å². The molecule has 1 atom stereocenters. The van der Waals surface area contributed by atoms with E-state index >= 15 is 0 Å². The van der Waals surface area contributed by atoms with Gasteiger partial charge < -0.3 is 15.0 Å². The highest BCUT2D eigenvalue weighted by molar-refractivity contribution is 7.92. The third-order valence-electron chi connectivity index (χ3n) is 5.75. The summed E-state index contributed by atoms with van der Waals surface area (Å²) in [6.45, 7) is 6.01. The second kappa shape index (κ2) is 13.5. The molecule has 0 unspecified atom stereocenters. The summed E-state index contributed by atoms with van der Waals surface area (Å²) in [5, 5.41) is 3.12. The molecule has 0 bridgehead atoms. The van der Waals surface area contributed by atoms with Crippen molar-refractivity contribution in [3.8, 4) is 5.75 Å². The maximum atomic E-state index is 13.7. The van der Waals surface area contributed by atoms with E-state index in [2.05, 4.69) is 5.32 Å². The number of hydrogen-bond donors (Lipinski definition) is 1. The van der Waals surface area contributed by atoms with Crippen molar-refractivity contribution >= 4 is 39.1 Å². The SMILES string of the molecule is CCCCNC(=O)[C@@H](CC)N(Cc1cccc(C)c1)C(=O)CN(c1ccc(OC)c(Cl)c1)S(C)(=O)=O. The molecule has 2 amide bonds. The molecule has 1 N–H and O–H groups in total. The van der Waals surface area contributed by atoms with Crippen molar-refractivity contribution < 1.29 is 22.7 Å². The predicted octanol–water partition coefficient (Wildman–Crippen LogP) is 4.15. The maximum absolute atomic E-state index is 13.7. The number of amides is 2. The molecular formula is C26H36ClN3O5S. The number of unbranched alkanes of at least 4 members (excludes halogenated alkanes) is 1. The molecule has 8 nitrogen and oxygen atoms in total. The number of nitrogens with zero attached hydrogens (tertiary/aromatic N) is 2. The monoisotopic (exact) mass is 537 g/mol. The van der Waals surface area contributed by atoms with Gasteiger partial charge in [-0.2, -0.15) is 0 Å². The Labute approximate surface area is 219 Å². The fourth-order valence-electron chi connectivity index (χ4n) is 3.86. The maximum Gasteiger partial charge on any atom is 0.244 e. The number of anilines is 1. The Bertz CT molecular complexity index is 1160. The van der Waals surface area contributed by atoms with Gasteiger partial charge in [0.05, 0.1) is 24.1 Å². The Balaban J connectivity index is 2.43. The summed E-state index contributed by atoms with van der Waals surface area (Å²) >= 11 is 6.23. The lowest BCUT2D eigenvalue weighted by atomic mass is 10.1. The normalized spacial score (nSPS) is 12.1. The second-order valence-corrected chi connectivity index (χ2v) is 11.0. The van der Waals surface area contributed by atoms with Gasteiger partial charge >= 0.3 is 0 Å². The summed E-state index contributed by atoms with van der Waals surface area (Å²) in [4.78, 5) is 28.2. The molecule has 0 saturated carbocycles. The van der Waals surface area contributed by atoms with Crippen LogP contribution in [0.1, 0.15) is 44.2 Å². The summed E-state index contributed by atoms with van der Waals surface area (Å²) in [5.74, 6) is -0.368. The largest absolute Gasteiger partial charge is 0.495 e. The average molecular weight is 538 g/mol. The minimum Gasteiger partial charge on any atom is -0.495 e. The number of aryl methyl sites for hydroxylation is 1. The third-order valence-corrected chi connectivity index (χ3v) is 7.19. The Morgan fingerprint density at radius 2 is 1.86 bits per heavy atom. The molecular weight excluding hydrogens is 502 g/mol. The summed E-state index contributed by atoms with van der Waals surface area (Å²) in [5.41, 5.74) is 2.10. The van der Waals surface area contributed by atoms with Crippen LogP contribution in [0.4, 0.5) is 5.69 Å². The van der Waals surface area contributed by atoms with E-state index in [4.69, 9.17) is 16.3 Å². The minimum atomic E-state index is -3.85. The molecule has 2 aromatic carbocycles. The molecule has 0 spiro atoms. The topological polar surface area (TPSA) is 96.0 Å². The first-order valence-corrected chi connectivity index (χ1v) is 14.2. The van der Waals surface area contributed by atoms with Crippen LogP contribution < -0.4 is 14.4 Å². The van der Waals surface area contributed by atoms with E-state index in [1.807, 2.05) is 45.0 Å². The lowest BCUT2D eigenvalue weighted by molar-refractivity contribution is -0.140. The number of benzene rings is 2. The van der Waals surface area contributed by atoms with E-state index < -0.39 is 28.5 Å². The lowest BCUT2D eigenvalue weighted by Crippen LogP contribution is -2.52. The number of carbonyl (C=O) groups excluding carboxylic acids is 2. The van der Waals surface area contributed by atoms with Gasteiger partial charge in [-0.05, 0) is 43.5 Å². The van der Waals surface area contributed by atoms with E-state index in [-0.39, 0.29) is 23.2 Å². The molecule has 0 saturated heterocycles. The molecule has 0 heterocycles. The summed E-state index contributed by atoms with van der Waals surface area (Å²) in [6, 6.07) is 11.4. The Hall–Kier alpha value is -2.78. The van der Waals surface area contributed by atoms with Crippen LogP contribution in [0.25, 0.3) is 0 Å². The quantitative estimate of drug-likeness (QED) is 0.387.